The second-order valence-electron chi connectivity index (χ2n) is 3.30. The monoisotopic (exact) mass is 275 g/mol. The minimum Gasteiger partial charge on any atom is -0.390 e. The van der Waals surface area contributed by atoms with Gasteiger partial charge < -0.3 is 25.6 Å². The largest absolute Gasteiger partial charge is 0.390 e. The average molecular weight is 275 g/mol. The fourth-order valence-corrected chi connectivity index (χ4v) is 0.879. The van der Waals surface area contributed by atoms with E-state index in [-0.39, 0.29) is 6.04 Å². The number of hydrogen-bond acceptors (Lipinski definition) is 5. The summed E-state index contributed by atoms with van der Waals surface area (Å²) in [6.45, 7) is 6.40. The normalized spacial score (nSPS) is 10.8. The van der Waals surface area contributed by atoms with Gasteiger partial charge in [0.2, 0.25) is 0 Å². The zero-order valence-corrected chi connectivity index (χ0v) is 12.3. The van der Waals surface area contributed by atoms with E-state index in [0.29, 0.717) is 39.4 Å². The van der Waals surface area contributed by atoms with Crippen molar-refractivity contribution in [2.75, 3.05) is 40.0 Å². The summed E-state index contributed by atoms with van der Waals surface area (Å²) in [5, 5.41) is 5.59. The Labute approximate surface area is 113 Å². The SMILES string of the molecule is C#CCCOCCOCC(N)CNC=C.CNP. The summed E-state index contributed by atoms with van der Waals surface area (Å²) in [4.78, 5) is 0. The molecule has 18 heavy (non-hydrogen) atoms. The number of terminal acetylenes is 1. The van der Waals surface area contributed by atoms with E-state index in [0.717, 1.165) is 0 Å². The molecule has 0 saturated heterocycles. The smallest absolute Gasteiger partial charge is 0.0701 e. The molecule has 2 atom stereocenters. The molecule has 0 aliphatic rings. The van der Waals surface area contributed by atoms with Crippen LogP contribution in [0.4, 0.5) is 0 Å². The highest BCUT2D eigenvalue weighted by atomic mass is 31.0. The summed E-state index contributed by atoms with van der Waals surface area (Å²) in [5.74, 6) is 2.50. The molecule has 0 bridgehead atoms. The van der Waals surface area contributed by atoms with E-state index in [1.807, 2.05) is 7.05 Å². The maximum atomic E-state index is 5.72. The highest BCUT2D eigenvalue weighted by Gasteiger charge is 2.00. The van der Waals surface area contributed by atoms with Crippen molar-refractivity contribution < 1.29 is 9.47 Å². The quantitative estimate of drug-likeness (QED) is 0.300. The van der Waals surface area contributed by atoms with Crippen LogP contribution in [0.15, 0.2) is 12.8 Å². The molecule has 0 aromatic carbocycles. The molecule has 0 aromatic rings. The van der Waals surface area contributed by atoms with Gasteiger partial charge in [0.15, 0.2) is 0 Å². The van der Waals surface area contributed by atoms with Crippen LogP contribution >= 0.6 is 9.39 Å². The molecule has 0 radical (unpaired) electrons. The lowest BCUT2D eigenvalue weighted by Gasteiger charge is -2.11. The van der Waals surface area contributed by atoms with Crippen LogP contribution in [-0.4, -0.2) is 46.1 Å². The molecular weight excluding hydrogens is 249 g/mol. The maximum absolute atomic E-state index is 5.72. The lowest BCUT2D eigenvalue weighted by molar-refractivity contribution is 0.0450. The Kier molecular flexibility index (Phi) is 20.5. The van der Waals surface area contributed by atoms with Gasteiger partial charge in [0, 0.05) is 19.0 Å². The Balaban J connectivity index is 0. The predicted octanol–water partition coefficient (Wildman–Crippen LogP) is 0.0992. The molecule has 0 rings (SSSR count). The molecule has 0 amide bonds. The van der Waals surface area contributed by atoms with Crippen molar-refractivity contribution in [1.82, 2.24) is 10.4 Å². The third-order valence-corrected chi connectivity index (χ3v) is 1.62. The van der Waals surface area contributed by atoms with Gasteiger partial charge in [-0.05, 0) is 13.2 Å². The second-order valence-corrected chi connectivity index (χ2v) is 3.88. The Hall–Kier alpha value is -0.630. The fraction of sp³-hybridized carbons (Fsp3) is 0.667. The Bertz CT molecular complexity index is 210. The average Bonchev–Trinajstić information content (AvgIpc) is 2.36. The molecule has 6 heteroatoms. The first-order valence-corrected chi connectivity index (χ1v) is 6.36. The zero-order chi connectivity index (χ0) is 14.1. The molecular formula is C12H26N3O2P. The van der Waals surface area contributed by atoms with Gasteiger partial charge in [0.05, 0.1) is 26.4 Å². The van der Waals surface area contributed by atoms with E-state index in [2.05, 4.69) is 32.3 Å². The summed E-state index contributed by atoms with van der Waals surface area (Å²) >= 11 is 0. The number of ether oxygens (including phenoxy) is 2. The van der Waals surface area contributed by atoms with Gasteiger partial charge in [0.1, 0.15) is 0 Å². The van der Waals surface area contributed by atoms with E-state index in [9.17, 15) is 0 Å². The van der Waals surface area contributed by atoms with Gasteiger partial charge >= 0.3 is 0 Å². The van der Waals surface area contributed by atoms with Gasteiger partial charge in [-0.15, -0.1) is 12.3 Å². The first kappa shape index (κ1) is 19.7. The molecule has 106 valence electrons. The number of nitrogens with two attached hydrogens (primary N) is 1. The molecule has 4 N–H and O–H groups in total. The van der Waals surface area contributed by atoms with Crippen LogP contribution in [0.25, 0.3) is 0 Å². The van der Waals surface area contributed by atoms with Crippen molar-refractivity contribution in [3.8, 4) is 12.3 Å². The van der Waals surface area contributed by atoms with E-state index < -0.39 is 0 Å². The van der Waals surface area contributed by atoms with Crippen LogP contribution in [-0.2, 0) is 9.47 Å². The van der Waals surface area contributed by atoms with Crippen molar-refractivity contribution in [2.24, 2.45) is 5.73 Å². The van der Waals surface area contributed by atoms with Crippen molar-refractivity contribution in [1.29, 1.82) is 0 Å². The highest BCUT2D eigenvalue weighted by Crippen LogP contribution is 1.84. The first-order chi connectivity index (χ1) is 8.72. The highest BCUT2D eigenvalue weighted by molar-refractivity contribution is 7.13. The summed E-state index contributed by atoms with van der Waals surface area (Å²) in [7, 11) is 4.17. The minimum atomic E-state index is -0.0197. The number of nitrogens with one attached hydrogen (secondary N) is 2. The molecule has 0 heterocycles. The molecule has 2 unspecified atom stereocenters. The number of rotatable bonds is 10. The van der Waals surface area contributed by atoms with Crippen molar-refractivity contribution in [3.63, 3.8) is 0 Å². The Morgan fingerprint density at radius 1 is 1.44 bits per heavy atom. The topological polar surface area (TPSA) is 68.5 Å². The molecule has 0 fully saturated rings. The summed E-state index contributed by atoms with van der Waals surface area (Å²) in [5.41, 5.74) is 5.72. The predicted molar refractivity (Wildman–Crippen MR) is 80.0 cm³/mol. The lowest BCUT2D eigenvalue weighted by atomic mass is 10.3. The van der Waals surface area contributed by atoms with Gasteiger partial charge in [-0.25, -0.2) is 0 Å². The molecule has 0 saturated carbocycles. The van der Waals surface area contributed by atoms with Crippen LogP contribution < -0.4 is 16.1 Å². The first-order valence-electron chi connectivity index (χ1n) is 5.79. The van der Waals surface area contributed by atoms with Gasteiger partial charge in [-0.3, -0.25) is 0 Å². The Morgan fingerprint density at radius 3 is 2.61 bits per heavy atom. The third kappa shape index (κ3) is 20.7. The van der Waals surface area contributed by atoms with Crippen molar-refractivity contribution in [2.45, 2.75) is 12.5 Å². The molecule has 0 aliphatic heterocycles. The van der Waals surface area contributed by atoms with Gasteiger partial charge in [-0.1, -0.05) is 16.0 Å². The van der Waals surface area contributed by atoms with Gasteiger partial charge in [-0.2, -0.15) is 0 Å². The minimum absolute atomic E-state index is 0.0197. The maximum Gasteiger partial charge on any atom is 0.0701 e. The Morgan fingerprint density at radius 2 is 2.06 bits per heavy atom. The second kappa shape index (κ2) is 18.7. The van der Waals surface area contributed by atoms with Crippen LogP contribution in [0.2, 0.25) is 0 Å². The molecule has 5 nitrogen and oxygen atoms in total. The van der Waals surface area contributed by atoms with E-state index in [1.165, 1.54) is 0 Å². The van der Waals surface area contributed by atoms with Crippen LogP contribution in [0, 0.1) is 12.3 Å². The van der Waals surface area contributed by atoms with Crippen LogP contribution in [0.5, 0.6) is 0 Å². The van der Waals surface area contributed by atoms with Crippen molar-refractivity contribution in [3.05, 3.63) is 12.8 Å². The van der Waals surface area contributed by atoms with Crippen molar-refractivity contribution >= 4 is 9.39 Å². The van der Waals surface area contributed by atoms with E-state index in [1.54, 1.807) is 6.20 Å². The molecule has 0 aromatic heterocycles. The number of hydrogen-bond donors (Lipinski definition) is 3. The van der Waals surface area contributed by atoms with Gasteiger partial charge in [0.25, 0.3) is 0 Å². The molecule has 0 spiro atoms. The van der Waals surface area contributed by atoms with E-state index in [4.69, 9.17) is 21.6 Å². The third-order valence-electron chi connectivity index (χ3n) is 1.62. The lowest BCUT2D eigenvalue weighted by Crippen LogP contribution is -2.35. The fourth-order valence-electron chi connectivity index (χ4n) is 0.879. The van der Waals surface area contributed by atoms with Crippen LogP contribution in [0.1, 0.15) is 6.42 Å². The van der Waals surface area contributed by atoms with Crippen LogP contribution in [0.3, 0.4) is 0 Å². The molecule has 0 aliphatic carbocycles. The summed E-state index contributed by atoms with van der Waals surface area (Å²) in [6.07, 6.45) is 7.32. The van der Waals surface area contributed by atoms with E-state index >= 15 is 0 Å². The standard InChI is InChI=1S/C11H20N2O2.CH6NP/c1-3-5-6-14-7-8-15-10-11(12)9-13-4-2;1-2-3/h1,4,11,13H,2,5-10,12H2;2H,3H2,1H3. The summed E-state index contributed by atoms with van der Waals surface area (Å²) < 4.78 is 10.5. The summed E-state index contributed by atoms with van der Waals surface area (Å²) in [6, 6.07) is -0.0197. The zero-order valence-electron chi connectivity index (χ0n) is 11.2.